The molecule has 2 amide bonds. The summed E-state index contributed by atoms with van der Waals surface area (Å²) in [5, 5.41) is 3.31. The summed E-state index contributed by atoms with van der Waals surface area (Å²) in [6, 6.07) is 20.2. The van der Waals surface area contributed by atoms with E-state index >= 15 is 0 Å². The Morgan fingerprint density at radius 1 is 0.947 bits per heavy atom. The van der Waals surface area contributed by atoms with Gasteiger partial charge in [0.05, 0.1) is 17.7 Å². The lowest BCUT2D eigenvalue weighted by atomic mass is 10.1. The Bertz CT molecular complexity index is 1350. The fourth-order valence-electron chi connectivity index (χ4n) is 3.82. The van der Waals surface area contributed by atoms with E-state index in [9.17, 15) is 18.0 Å². The smallest absolute Gasteiger partial charge is 0.264 e. The van der Waals surface area contributed by atoms with E-state index in [1.807, 2.05) is 13.8 Å². The van der Waals surface area contributed by atoms with E-state index in [2.05, 4.69) is 5.32 Å². The normalized spacial score (nSPS) is 12.1. The van der Waals surface area contributed by atoms with E-state index < -0.39 is 28.5 Å². The number of ether oxygens (including phenoxy) is 1. The highest BCUT2D eigenvalue weighted by atomic mass is 35.5. The minimum Gasteiger partial charge on any atom is -0.497 e. The number of carbonyl (C=O) groups is 2. The number of anilines is 1. The van der Waals surface area contributed by atoms with E-state index in [-0.39, 0.29) is 29.1 Å². The molecule has 0 bridgehead atoms. The Balaban J connectivity index is 2.02. The molecule has 0 aliphatic rings. The van der Waals surface area contributed by atoms with Crippen molar-refractivity contribution in [2.45, 2.75) is 44.3 Å². The van der Waals surface area contributed by atoms with Crippen LogP contribution in [0.15, 0.2) is 83.8 Å². The van der Waals surface area contributed by atoms with Crippen LogP contribution in [0.25, 0.3) is 0 Å². The molecule has 38 heavy (non-hydrogen) atoms. The van der Waals surface area contributed by atoms with Crippen molar-refractivity contribution in [1.82, 2.24) is 10.2 Å². The Hall–Kier alpha value is -3.56. The van der Waals surface area contributed by atoms with Gasteiger partial charge in [-0.3, -0.25) is 13.9 Å². The second-order valence-corrected chi connectivity index (χ2v) is 11.3. The van der Waals surface area contributed by atoms with Crippen molar-refractivity contribution >= 4 is 39.1 Å². The van der Waals surface area contributed by atoms with Crippen molar-refractivity contribution in [2.24, 2.45) is 0 Å². The van der Waals surface area contributed by atoms with Gasteiger partial charge in [0, 0.05) is 17.6 Å². The highest BCUT2D eigenvalue weighted by molar-refractivity contribution is 7.92. The summed E-state index contributed by atoms with van der Waals surface area (Å²) in [6.07, 6.45) is 0. The highest BCUT2D eigenvalue weighted by Gasteiger charge is 2.32. The van der Waals surface area contributed by atoms with E-state index in [1.54, 1.807) is 73.7 Å². The van der Waals surface area contributed by atoms with Crippen LogP contribution in [0.3, 0.4) is 0 Å². The van der Waals surface area contributed by atoms with Crippen LogP contribution in [-0.4, -0.2) is 50.9 Å². The lowest BCUT2D eigenvalue weighted by Crippen LogP contribution is -2.52. The molecule has 0 spiro atoms. The lowest BCUT2D eigenvalue weighted by Gasteiger charge is -2.32. The molecule has 1 N–H and O–H groups in total. The van der Waals surface area contributed by atoms with Gasteiger partial charge >= 0.3 is 0 Å². The molecule has 0 radical (unpaired) electrons. The van der Waals surface area contributed by atoms with Gasteiger partial charge in [-0.1, -0.05) is 41.9 Å². The Labute approximate surface area is 229 Å². The number of carbonyl (C=O) groups excluding carboxylic acids is 2. The predicted octanol–water partition coefficient (Wildman–Crippen LogP) is 4.49. The van der Waals surface area contributed by atoms with Crippen LogP contribution in [0.1, 0.15) is 26.3 Å². The summed E-state index contributed by atoms with van der Waals surface area (Å²) in [6.45, 7) is 4.80. The van der Waals surface area contributed by atoms with Crippen LogP contribution in [0.4, 0.5) is 5.69 Å². The third-order valence-corrected chi connectivity index (χ3v) is 7.83. The maximum Gasteiger partial charge on any atom is 0.264 e. The van der Waals surface area contributed by atoms with Crippen LogP contribution in [0.5, 0.6) is 5.75 Å². The monoisotopic (exact) mass is 557 g/mol. The fourth-order valence-corrected chi connectivity index (χ4v) is 5.46. The summed E-state index contributed by atoms with van der Waals surface area (Å²) in [7, 11) is -2.62. The SMILES string of the molecule is COc1ccc(N(CC(=O)N(Cc2cccc(Cl)c2)[C@@H](C)C(=O)NC(C)C)S(=O)(=O)c2ccccc2)cc1. The van der Waals surface area contributed by atoms with Crippen molar-refractivity contribution in [2.75, 3.05) is 18.0 Å². The summed E-state index contributed by atoms with van der Waals surface area (Å²) in [5.41, 5.74) is 0.988. The number of rotatable bonds is 11. The summed E-state index contributed by atoms with van der Waals surface area (Å²) in [4.78, 5) is 28.2. The van der Waals surface area contributed by atoms with Crippen molar-refractivity contribution in [3.63, 3.8) is 0 Å². The van der Waals surface area contributed by atoms with Crippen LogP contribution < -0.4 is 14.4 Å². The maximum absolute atomic E-state index is 13.8. The average Bonchev–Trinajstić information content (AvgIpc) is 2.90. The Morgan fingerprint density at radius 2 is 1.61 bits per heavy atom. The minimum atomic E-state index is -4.12. The second kappa shape index (κ2) is 12.8. The first-order valence-electron chi connectivity index (χ1n) is 12.1. The number of sulfonamides is 1. The van der Waals surface area contributed by atoms with E-state index in [0.29, 0.717) is 16.3 Å². The Kier molecular flexibility index (Phi) is 9.77. The maximum atomic E-state index is 13.8. The van der Waals surface area contributed by atoms with Crippen LogP contribution >= 0.6 is 11.6 Å². The third kappa shape index (κ3) is 7.26. The molecule has 0 saturated carbocycles. The molecule has 1 atom stereocenters. The number of benzene rings is 3. The van der Waals surface area contributed by atoms with E-state index in [1.165, 1.54) is 24.1 Å². The predicted molar refractivity (Wildman–Crippen MR) is 149 cm³/mol. The topological polar surface area (TPSA) is 96.0 Å². The molecule has 0 aromatic heterocycles. The zero-order chi connectivity index (χ0) is 27.9. The lowest BCUT2D eigenvalue weighted by molar-refractivity contribution is -0.139. The third-order valence-electron chi connectivity index (χ3n) is 5.81. The first-order valence-corrected chi connectivity index (χ1v) is 13.9. The minimum absolute atomic E-state index is 0.0376. The van der Waals surface area contributed by atoms with Crippen LogP contribution in [0, 0.1) is 0 Å². The van der Waals surface area contributed by atoms with E-state index in [4.69, 9.17) is 16.3 Å². The summed E-state index contributed by atoms with van der Waals surface area (Å²) >= 11 is 6.16. The zero-order valence-corrected chi connectivity index (χ0v) is 23.4. The van der Waals surface area contributed by atoms with Gasteiger partial charge in [0.15, 0.2) is 0 Å². The van der Waals surface area contributed by atoms with Crippen molar-refractivity contribution in [3.8, 4) is 5.75 Å². The molecule has 8 nitrogen and oxygen atoms in total. The number of halogens is 1. The molecule has 0 aliphatic heterocycles. The Morgan fingerprint density at radius 3 is 2.18 bits per heavy atom. The molecular formula is C28H32ClN3O5S. The number of hydrogen-bond acceptors (Lipinski definition) is 5. The van der Waals surface area contributed by atoms with Gasteiger partial charge in [-0.2, -0.15) is 0 Å². The molecule has 3 aromatic rings. The number of hydrogen-bond donors (Lipinski definition) is 1. The molecule has 0 aliphatic carbocycles. The quantitative estimate of drug-likeness (QED) is 0.375. The number of nitrogens with one attached hydrogen (secondary N) is 1. The van der Waals surface area contributed by atoms with Gasteiger partial charge in [-0.15, -0.1) is 0 Å². The van der Waals surface area contributed by atoms with Crippen molar-refractivity contribution in [1.29, 1.82) is 0 Å². The zero-order valence-electron chi connectivity index (χ0n) is 21.8. The van der Waals surface area contributed by atoms with Gasteiger partial charge in [0.1, 0.15) is 18.3 Å². The molecule has 10 heteroatoms. The van der Waals surface area contributed by atoms with Gasteiger partial charge in [-0.05, 0) is 74.9 Å². The molecule has 0 unspecified atom stereocenters. The molecule has 202 valence electrons. The summed E-state index contributed by atoms with van der Waals surface area (Å²) < 4.78 is 33.7. The van der Waals surface area contributed by atoms with Crippen LogP contribution in [-0.2, 0) is 26.2 Å². The molecule has 0 fully saturated rings. The number of amides is 2. The number of methoxy groups -OCH3 is 1. The van der Waals surface area contributed by atoms with Gasteiger partial charge in [0.25, 0.3) is 10.0 Å². The van der Waals surface area contributed by atoms with Gasteiger partial charge in [0.2, 0.25) is 11.8 Å². The molecule has 3 aromatic carbocycles. The van der Waals surface area contributed by atoms with Crippen LogP contribution in [0.2, 0.25) is 5.02 Å². The average molecular weight is 558 g/mol. The first-order chi connectivity index (χ1) is 18.0. The number of nitrogens with zero attached hydrogens (tertiary/aromatic N) is 2. The van der Waals surface area contributed by atoms with Crippen molar-refractivity contribution < 1.29 is 22.7 Å². The standard InChI is InChI=1S/C28H32ClN3O5S/c1-20(2)30-28(34)21(3)31(18-22-9-8-10-23(29)17-22)27(33)19-32(24-13-15-25(37-4)16-14-24)38(35,36)26-11-6-5-7-12-26/h5-17,20-21H,18-19H2,1-4H3,(H,30,34)/t21-/m0/s1. The second-order valence-electron chi connectivity index (χ2n) is 9.01. The molecule has 0 heterocycles. The van der Waals surface area contributed by atoms with Gasteiger partial charge < -0.3 is 15.0 Å². The van der Waals surface area contributed by atoms with Gasteiger partial charge in [-0.25, -0.2) is 8.42 Å². The fraction of sp³-hybridized carbons (Fsp3) is 0.286. The van der Waals surface area contributed by atoms with E-state index in [0.717, 1.165) is 4.31 Å². The molecular weight excluding hydrogens is 526 g/mol. The molecule has 0 saturated heterocycles. The molecule has 3 rings (SSSR count). The first kappa shape index (κ1) is 29.0. The largest absolute Gasteiger partial charge is 0.497 e. The summed E-state index contributed by atoms with van der Waals surface area (Å²) in [5.74, 6) is -0.359. The van der Waals surface area contributed by atoms with Crippen molar-refractivity contribution in [3.05, 3.63) is 89.4 Å². The highest BCUT2D eigenvalue weighted by Crippen LogP contribution is 2.26.